The SMILES string of the molecule is CCOCCC[NH2+]CC(=O)N1CCc2sccc2[C@H]1c1ccccc1C. The quantitative estimate of drug-likeness (QED) is 0.723. The van der Waals surface area contributed by atoms with Crippen molar-refractivity contribution in [3.8, 4) is 0 Å². The molecule has 140 valence electrons. The van der Waals surface area contributed by atoms with E-state index in [0.29, 0.717) is 6.54 Å². The molecule has 0 spiro atoms. The zero-order valence-electron chi connectivity index (χ0n) is 15.7. The number of amides is 1. The van der Waals surface area contributed by atoms with Crippen molar-refractivity contribution in [2.45, 2.75) is 32.7 Å². The molecule has 2 aromatic rings. The van der Waals surface area contributed by atoms with Crippen LogP contribution in [0.5, 0.6) is 0 Å². The highest BCUT2D eigenvalue weighted by Gasteiger charge is 2.33. The fraction of sp³-hybridized carbons (Fsp3) is 0.476. The number of benzene rings is 1. The van der Waals surface area contributed by atoms with Gasteiger partial charge in [0.25, 0.3) is 5.91 Å². The molecule has 0 aliphatic carbocycles. The van der Waals surface area contributed by atoms with E-state index < -0.39 is 0 Å². The molecule has 0 fully saturated rings. The third kappa shape index (κ3) is 4.34. The van der Waals surface area contributed by atoms with Crippen LogP contribution < -0.4 is 5.32 Å². The van der Waals surface area contributed by atoms with Gasteiger partial charge in [-0.15, -0.1) is 11.3 Å². The molecule has 0 unspecified atom stereocenters. The van der Waals surface area contributed by atoms with Crippen LogP contribution in [0.15, 0.2) is 35.7 Å². The van der Waals surface area contributed by atoms with Crippen molar-refractivity contribution in [2.75, 3.05) is 32.8 Å². The molecule has 26 heavy (non-hydrogen) atoms. The molecule has 0 radical (unpaired) electrons. The largest absolute Gasteiger partial charge is 0.382 e. The number of nitrogens with zero attached hydrogens (tertiary/aromatic N) is 1. The maximum atomic E-state index is 13.0. The summed E-state index contributed by atoms with van der Waals surface area (Å²) in [5, 5.41) is 4.27. The van der Waals surface area contributed by atoms with Crippen LogP contribution in [0.3, 0.4) is 0 Å². The first kappa shape index (κ1) is 19.1. The summed E-state index contributed by atoms with van der Waals surface area (Å²) in [6, 6.07) is 10.7. The van der Waals surface area contributed by atoms with E-state index in [1.165, 1.54) is 21.6 Å². The number of hydrogen-bond acceptors (Lipinski definition) is 3. The van der Waals surface area contributed by atoms with Crippen LogP contribution in [0.4, 0.5) is 0 Å². The van der Waals surface area contributed by atoms with E-state index >= 15 is 0 Å². The van der Waals surface area contributed by atoms with Crippen LogP contribution in [-0.4, -0.2) is 43.7 Å². The molecule has 3 rings (SSSR count). The summed E-state index contributed by atoms with van der Waals surface area (Å²) in [4.78, 5) is 16.5. The van der Waals surface area contributed by atoms with Gasteiger partial charge in [-0.25, -0.2) is 0 Å². The minimum absolute atomic E-state index is 0.0514. The Bertz CT molecular complexity index is 728. The van der Waals surface area contributed by atoms with Crippen LogP contribution in [0.25, 0.3) is 0 Å². The van der Waals surface area contributed by atoms with Gasteiger partial charge in [0.1, 0.15) is 0 Å². The minimum atomic E-state index is 0.0514. The average molecular weight is 374 g/mol. The van der Waals surface area contributed by atoms with Gasteiger partial charge in [0.15, 0.2) is 6.54 Å². The van der Waals surface area contributed by atoms with Crippen molar-refractivity contribution < 1.29 is 14.8 Å². The summed E-state index contributed by atoms with van der Waals surface area (Å²) in [5.41, 5.74) is 3.80. The maximum Gasteiger partial charge on any atom is 0.278 e. The Morgan fingerprint density at radius 2 is 2.15 bits per heavy atom. The summed E-state index contributed by atoms with van der Waals surface area (Å²) in [5.74, 6) is 0.228. The van der Waals surface area contributed by atoms with Gasteiger partial charge >= 0.3 is 0 Å². The van der Waals surface area contributed by atoms with Crippen LogP contribution >= 0.6 is 11.3 Å². The standard InChI is InChI=1S/C21H28N2O2S/c1-3-25-13-6-11-22-15-20(24)23-12-9-19-18(10-14-26-19)21(23)17-8-5-4-7-16(17)2/h4-5,7-8,10,14,21-22H,3,6,9,11-13,15H2,1-2H3/p+1/t21-/m1/s1. The van der Waals surface area contributed by atoms with Crippen LogP contribution in [0.2, 0.25) is 0 Å². The number of thiophene rings is 1. The molecule has 4 nitrogen and oxygen atoms in total. The first-order valence-electron chi connectivity index (χ1n) is 9.53. The van der Waals surface area contributed by atoms with Gasteiger partial charge in [-0.3, -0.25) is 4.79 Å². The van der Waals surface area contributed by atoms with Crippen LogP contribution in [-0.2, 0) is 16.0 Å². The number of aryl methyl sites for hydroxylation is 1. The van der Waals surface area contributed by atoms with Crippen molar-refractivity contribution >= 4 is 17.2 Å². The van der Waals surface area contributed by atoms with Crippen molar-refractivity contribution in [3.63, 3.8) is 0 Å². The third-order valence-electron chi connectivity index (χ3n) is 4.99. The van der Waals surface area contributed by atoms with E-state index in [2.05, 4.69) is 52.9 Å². The second-order valence-corrected chi connectivity index (χ2v) is 7.73. The second kappa shape index (κ2) is 9.31. The number of carbonyl (C=O) groups is 1. The highest BCUT2D eigenvalue weighted by molar-refractivity contribution is 7.10. The van der Waals surface area contributed by atoms with Gasteiger partial charge in [-0.1, -0.05) is 24.3 Å². The third-order valence-corrected chi connectivity index (χ3v) is 5.99. The molecule has 0 saturated carbocycles. The molecule has 1 aliphatic rings. The Balaban J connectivity index is 1.71. The average Bonchev–Trinajstić information content (AvgIpc) is 3.13. The predicted octanol–water partition coefficient (Wildman–Crippen LogP) is 2.52. The zero-order valence-corrected chi connectivity index (χ0v) is 16.6. The molecular formula is C21H29N2O2S+. The fourth-order valence-corrected chi connectivity index (χ4v) is 4.53. The Hall–Kier alpha value is -1.69. The monoisotopic (exact) mass is 373 g/mol. The lowest BCUT2D eigenvalue weighted by Gasteiger charge is -2.36. The van der Waals surface area contributed by atoms with Gasteiger partial charge < -0.3 is 15.0 Å². The number of hydrogen-bond donors (Lipinski definition) is 1. The molecule has 1 aromatic carbocycles. The first-order valence-corrected chi connectivity index (χ1v) is 10.4. The number of carbonyl (C=O) groups excluding carboxylic acids is 1. The van der Waals surface area contributed by atoms with Gasteiger partial charge in [-0.05, 0) is 48.4 Å². The Kier molecular flexibility index (Phi) is 6.83. The van der Waals surface area contributed by atoms with Crippen molar-refractivity contribution in [2.24, 2.45) is 0 Å². The molecule has 0 saturated heterocycles. The molecule has 2 heterocycles. The highest BCUT2D eigenvalue weighted by atomic mass is 32.1. The molecule has 0 bridgehead atoms. The lowest BCUT2D eigenvalue weighted by molar-refractivity contribution is -0.645. The second-order valence-electron chi connectivity index (χ2n) is 6.73. The van der Waals surface area contributed by atoms with E-state index in [1.807, 2.05) is 18.3 Å². The Morgan fingerprint density at radius 1 is 1.31 bits per heavy atom. The summed E-state index contributed by atoms with van der Waals surface area (Å²) >= 11 is 1.81. The zero-order chi connectivity index (χ0) is 18.4. The normalized spacial score (nSPS) is 16.5. The van der Waals surface area contributed by atoms with E-state index in [0.717, 1.165) is 39.1 Å². The highest BCUT2D eigenvalue weighted by Crippen LogP contribution is 2.38. The predicted molar refractivity (Wildman–Crippen MR) is 106 cm³/mol. The van der Waals surface area contributed by atoms with E-state index in [9.17, 15) is 4.79 Å². The molecule has 1 aromatic heterocycles. The van der Waals surface area contributed by atoms with Gasteiger partial charge in [0, 0.05) is 24.4 Å². The fourth-order valence-electron chi connectivity index (χ4n) is 3.63. The Labute approximate surface area is 160 Å². The topological polar surface area (TPSA) is 46.1 Å². The van der Waals surface area contributed by atoms with Crippen molar-refractivity contribution in [1.29, 1.82) is 0 Å². The molecule has 1 amide bonds. The van der Waals surface area contributed by atoms with Gasteiger partial charge in [0.2, 0.25) is 0 Å². The van der Waals surface area contributed by atoms with Crippen LogP contribution in [0, 0.1) is 6.92 Å². The summed E-state index contributed by atoms with van der Waals surface area (Å²) in [7, 11) is 0. The molecule has 5 heteroatoms. The van der Waals surface area contributed by atoms with Crippen molar-refractivity contribution in [3.05, 3.63) is 57.3 Å². The lowest BCUT2D eigenvalue weighted by atomic mass is 9.90. The molecule has 1 atom stereocenters. The minimum Gasteiger partial charge on any atom is -0.382 e. The maximum absolute atomic E-state index is 13.0. The summed E-state index contributed by atoms with van der Waals surface area (Å²) < 4.78 is 5.36. The smallest absolute Gasteiger partial charge is 0.278 e. The molecule has 2 N–H and O–H groups in total. The number of quaternary nitrogens is 1. The number of rotatable bonds is 8. The van der Waals surface area contributed by atoms with Gasteiger partial charge in [0.05, 0.1) is 19.2 Å². The van der Waals surface area contributed by atoms with E-state index in [-0.39, 0.29) is 11.9 Å². The summed E-state index contributed by atoms with van der Waals surface area (Å²) in [6.45, 7) is 7.92. The number of nitrogens with two attached hydrogens (primary N) is 1. The first-order chi connectivity index (χ1) is 12.7. The van der Waals surface area contributed by atoms with E-state index in [1.54, 1.807) is 0 Å². The molecule has 1 aliphatic heterocycles. The summed E-state index contributed by atoms with van der Waals surface area (Å²) in [6.07, 6.45) is 1.95. The van der Waals surface area contributed by atoms with Gasteiger partial charge in [-0.2, -0.15) is 0 Å². The lowest BCUT2D eigenvalue weighted by Crippen LogP contribution is -2.87. The Morgan fingerprint density at radius 3 is 2.96 bits per heavy atom. The van der Waals surface area contributed by atoms with Crippen LogP contribution in [0.1, 0.15) is 41.0 Å². The number of fused-ring (bicyclic) bond motifs is 1. The van der Waals surface area contributed by atoms with E-state index in [4.69, 9.17) is 4.74 Å². The number of ether oxygens (including phenoxy) is 1. The van der Waals surface area contributed by atoms with Crippen molar-refractivity contribution in [1.82, 2.24) is 4.90 Å². The molecular weight excluding hydrogens is 344 g/mol.